The Bertz CT molecular complexity index is 829. The Morgan fingerprint density at radius 2 is 1.37 bits per heavy atom. The molecule has 0 aliphatic rings. The van der Waals surface area contributed by atoms with E-state index in [0.29, 0.717) is 23.0 Å². The van der Waals surface area contributed by atoms with Crippen molar-refractivity contribution in [3.8, 4) is 23.0 Å². The maximum Gasteiger partial charge on any atom is 0.161 e. The summed E-state index contributed by atoms with van der Waals surface area (Å²) in [6.07, 6.45) is 0.281. The summed E-state index contributed by atoms with van der Waals surface area (Å²) in [5.74, 6) is 2.53. The molecule has 2 aromatic rings. The van der Waals surface area contributed by atoms with Crippen LogP contribution in [0.5, 0.6) is 23.0 Å². The Morgan fingerprint density at radius 1 is 0.815 bits per heavy atom. The van der Waals surface area contributed by atoms with Gasteiger partial charge in [-0.25, -0.2) is 0 Å². The molecule has 6 nitrogen and oxygen atoms in total. The third-order valence-corrected chi connectivity index (χ3v) is 4.14. The number of benzene rings is 2. The van der Waals surface area contributed by atoms with Crippen molar-refractivity contribution in [3.05, 3.63) is 47.5 Å². The fraction of sp³-hybridized carbons (Fsp3) is 0.333. The Labute approximate surface area is 159 Å². The van der Waals surface area contributed by atoms with E-state index in [0.717, 1.165) is 16.8 Å². The first-order valence-corrected chi connectivity index (χ1v) is 8.48. The van der Waals surface area contributed by atoms with Crippen LogP contribution in [0.15, 0.2) is 41.4 Å². The highest BCUT2D eigenvalue weighted by atomic mass is 16.5. The molecule has 0 amide bonds. The van der Waals surface area contributed by atoms with Gasteiger partial charge in [-0.1, -0.05) is 6.07 Å². The van der Waals surface area contributed by atoms with Gasteiger partial charge in [0.05, 0.1) is 35.0 Å². The first-order valence-electron chi connectivity index (χ1n) is 8.48. The molecule has 0 radical (unpaired) electrons. The molecule has 2 aromatic carbocycles. The van der Waals surface area contributed by atoms with E-state index in [2.05, 4.69) is 4.99 Å². The number of Topliss-reactive ketones (excluding diaryl/α,β-unsaturated/α-hetero) is 1. The summed E-state index contributed by atoms with van der Waals surface area (Å²) in [6.45, 7) is 1.97. The van der Waals surface area contributed by atoms with Crippen molar-refractivity contribution in [3.63, 3.8) is 0 Å². The summed E-state index contributed by atoms with van der Waals surface area (Å²) in [6, 6.07) is 11.0. The van der Waals surface area contributed by atoms with Crippen LogP contribution in [-0.2, 0) is 11.2 Å². The average Bonchev–Trinajstić information content (AvgIpc) is 2.71. The van der Waals surface area contributed by atoms with Gasteiger partial charge < -0.3 is 18.9 Å². The fourth-order valence-corrected chi connectivity index (χ4v) is 2.63. The second-order valence-electron chi connectivity index (χ2n) is 5.88. The minimum Gasteiger partial charge on any atom is -0.493 e. The predicted octanol–water partition coefficient (Wildman–Crippen LogP) is 3.34. The lowest BCUT2D eigenvalue weighted by molar-refractivity contribution is -0.117. The minimum absolute atomic E-state index is 0.0158. The molecule has 0 aromatic heterocycles. The summed E-state index contributed by atoms with van der Waals surface area (Å²) in [4.78, 5) is 16.7. The zero-order chi connectivity index (χ0) is 19.8. The van der Waals surface area contributed by atoms with Crippen molar-refractivity contribution in [2.75, 3.05) is 35.0 Å². The molecule has 0 saturated carbocycles. The van der Waals surface area contributed by atoms with E-state index >= 15 is 0 Å². The van der Waals surface area contributed by atoms with Crippen LogP contribution in [0.4, 0.5) is 0 Å². The van der Waals surface area contributed by atoms with Gasteiger partial charge in [-0.3, -0.25) is 9.79 Å². The summed E-state index contributed by atoms with van der Waals surface area (Å²) in [5.41, 5.74) is 2.50. The van der Waals surface area contributed by atoms with E-state index in [4.69, 9.17) is 18.9 Å². The Balaban J connectivity index is 2.05. The SMILES string of the molecule is COc1ccc(CC(=O)CN=C(C)c2ccc(OC)c(OC)c2)cc1OC. The number of nitrogens with zero attached hydrogens (tertiary/aromatic N) is 1. The van der Waals surface area contributed by atoms with Gasteiger partial charge in [0.15, 0.2) is 28.8 Å². The van der Waals surface area contributed by atoms with Gasteiger partial charge in [0, 0.05) is 12.1 Å². The lowest BCUT2D eigenvalue weighted by Crippen LogP contribution is -2.09. The Hall–Kier alpha value is -3.02. The lowest BCUT2D eigenvalue weighted by Gasteiger charge is -2.10. The Kier molecular flexibility index (Phi) is 7.23. The highest BCUT2D eigenvalue weighted by Crippen LogP contribution is 2.28. The molecule has 0 spiro atoms. The highest BCUT2D eigenvalue weighted by Gasteiger charge is 2.10. The maximum absolute atomic E-state index is 12.3. The van der Waals surface area contributed by atoms with Crippen molar-refractivity contribution < 1.29 is 23.7 Å². The van der Waals surface area contributed by atoms with Crippen molar-refractivity contribution in [2.45, 2.75) is 13.3 Å². The number of aliphatic imine (C=N–C) groups is 1. The molecule has 27 heavy (non-hydrogen) atoms. The van der Waals surface area contributed by atoms with Crippen molar-refractivity contribution in [1.82, 2.24) is 0 Å². The van der Waals surface area contributed by atoms with Gasteiger partial charge in [-0.15, -0.1) is 0 Å². The molecule has 0 N–H and O–H groups in total. The molecule has 0 heterocycles. The first-order chi connectivity index (χ1) is 13.0. The summed E-state index contributed by atoms with van der Waals surface area (Å²) in [7, 11) is 6.32. The van der Waals surface area contributed by atoms with Gasteiger partial charge in [0.25, 0.3) is 0 Å². The number of carbonyl (C=O) groups excluding carboxylic acids is 1. The molecule has 0 atom stereocenters. The quantitative estimate of drug-likeness (QED) is 0.633. The average molecular weight is 371 g/mol. The second kappa shape index (κ2) is 9.62. The van der Waals surface area contributed by atoms with Crippen LogP contribution in [0.1, 0.15) is 18.1 Å². The van der Waals surface area contributed by atoms with Crippen LogP contribution in [0.2, 0.25) is 0 Å². The van der Waals surface area contributed by atoms with E-state index in [1.807, 2.05) is 37.3 Å². The maximum atomic E-state index is 12.3. The highest BCUT2D eigenvalue weighted by molar-refractivity contribution is 6.00. The van der Waals surface area contributed by atoms with Crippen LogP contribution in [0.25, 0.3) is 0 Å². The van der Waals surface area contributed by atoms with Crippen LogP contribution in [-0.4, -0.2) is 46.5 Å². The third-order valence-electron chi connectivity index (χ3n) is 4.14. The topological polar surface area (TPSA) is 66.4 Å². The molecular weight excluding hydrogens is 346 g/mol. The zero-order valence-corrected chi connectivity index (χ0v) is 16.4. The molecule has 0 saturated heterocycles. The largest absolute Gasteiger partial charge is 0.493 e. The van der Waals surface area contributed by atoms with E-state index in [1.165, 1.54) is 0 Å². The number of methoxy groups -OCH3 is 4. The fourth-order valence-electron chi connectivity index (χ4n) is 2.63. The van der Waals surface area contributed by atoms with Crippen molar-refractivity contribution in [1.29, 1.82) is 0 Å². The molecule has 144 valence electrons. The van der Waals surface area contributed by atoms with Crippen LogP contribution in [0, 0.1) is 0 Å². The lowest BCUT2D eigenvalue weighted by atomic mass is 10.1. The van der Waals surface area contributed by atoms with Gasteiger partial charge in [-0.2, -0.15) is 0 Å². The molecule has 0 fully saturated rings. The standard InChI is InChI=1S/C21H25NO5/c1-14(16-7-9-19(25-3)21(12-16)27-5)22-13-17(23)10-15-6-8-18(24-2)20(11-15)26-4/h6-9,11-12H,10,13H2,1-5H3. The van der Waals surface area contributed by atoms with E-state index in [1.54, 1.807) is 34.5 Å². The van der Waals surface area contributed by atoms with Crippen LogP contribution >= 0.6 is 0 Å². The first kappa shape index (κ1) is 20.3. The number of ether oxygens (including phenoxy) is 4. The molecule has 6 heteroatoms. The van der Waals surface area contributed by atoms with Gasteiger partial charge in [0.2, 0.25) is 0 Å². The number of carbonyl (C=O) groups is 1. The van der Waals surface area contributed by atoms with E-state index < -0.39 is 0 Å². The van der Waals surface area contributed by atoms with Gasteiger partial charge >= 0.3 is 0 Å². The minimum atomic E-state index is 0.0158. The zero-order valence-electron chi connectivity index (χ0n) is 16.4. The van der Waals surface area contributed by atoms with Crippen LogP contribution in [0.3, 0.4) is 0 Å². The second-order valence-corrected chi connectivity index (χ2v) is 5.88. The van der Waals surface area contributed by atoms with E-state index in [9.17, 15) is 4.79 Å². The van der Waals surface area contributed by atoms with Gasteiger partial charge in [0.1, 0.15) is 0 Å². The van der Waals surface area contributed by atoms with Crippen LogP contribution < -0.4 is 18.9 Å². The monoisotopic (exact) mass is 371 g/mol. The number of hydrogen-bond acceptors (Lipinski definition) is 6. The number of hydrogen-bond donors (Lipinski definition) is 0. The summed E-state index contributed by atoms with van der Waals surface area (Å²) < 4.78 is 21.0. The molecule has 0 bridgehead atoms. The molecule has 0 aliphatic heterocycles. The number of ketones is 1. The molecular formula is C21H25NO5. The summed E-state index contributed by atoms with van der Waals surface area (Å²) >= 11 is 0. The molecule has 0 aliphatic carbocycles. The molecule has 0 unspecified atom stereocenters. The normalized spacial score (nSPS) is 11.1. The smallest absolute Gasteiger partial charge is 0.161 e. The number of rotatable bonds is 9. The Morgan fingerprint density at radius 3 is 1.96 bits per heavy atom. The van der Waals surface area contributed by atoms with Crippen molar-refractivity contribution >= 4 is 11.5 Å². The summed E-state index contributed by atoms with van der Waals surface area (Å²) in [5, 5.41) is 0. The van der Waals surface area contributed by atoms with Gasteiger partial charge in [-0.05, 0) is 48.4 Å². The third kappa shape index (κ3) is 5.23. The van der Waals surface area contributed by atoms with Crippen molar-refractivity contribution in [2.24, 2.45) is 4.99 Å². The van der Waals surface area contributed by atoms with E-state index in [-0.39, 0.29) is 18.7 Å². The molecule has 2 rings (SSSR count). The predicted molar refractivity (Wildman–Crippen MR) is 105 cm³/mol.